The van der Waals surface area contributed by atoms with Gasteiger partial charge in [-0.2, -0.15) is 13.2 Å². The number of hydrogen-bond acceptors (Lipinski definition) is 3. The summed E-state index contributed by atoms with van der Waals surface area (Å²) < 4.78 is 37.6. The van der Waals surface area contributed by atoms with Gasteiger partial charge in [-0.25, -0.2) is 4.98 Å². The molecule has 0 spiro atoms. The van der Waals surface area contributed by atoms with Crippen molar-refractivity contribution in [1.29, 1.82) is 0 Å². The van der Waals surface area contributed by atoms with Gasteiger partial charge in [0.05, 0.1) is 12.1 Å². The molecule has 2 rings (SSSR count). The fraction of sp³-hybridized carbons (Fsp3) is 0.538. The minimum absolute atomic E-state index is 0.0334. The highest BCUT2D eigenvalue weighted by Crippen LogP contribution is 2.29. The molecule has 2 heterocycles. The van der Waals surface area contributed by atoms with Crippen LogP contribution in [-0.2, 0) is 11.0 Å². The molecule has 1 aromatic rings. The fourth-order valence-electron chi connectivity index (χ4n) is 2.12. The third kappa shape index (κ3) is 3.85. The fourth-order valence-corrected chi connectivity index (χ4v) is 2.12. The van der Waals surface area contributed by atoms with Crippen LogP contribution in [0.4, 0.5) is 19.0 Å². The first-order valence-electron chi connectivity index (χ1n) is 6.52. The van der Waals surface area contributed by atoms with E-state index in [0.29, 0.717) is 0 Å². The van der Waals surface area contributed by atoms with E-state index in [2.05, 4.69) is 10.3 Å². The van der Waals surface area contributed by atoms with Crippen molar-refractivity contribution in [3.05, 3.63) is 23.9 Å². The number of amides is 1. The molecule has 1 amide bonds. The molecule has 0 aromatic carbocycles. The number of rotatable bonds is 3. The topological polar surface area (TPSA) is 45.2 Å². The molecule has 1 aliphatic rings. The smallest absolute Gasteiger partial charge is 0.361 e. The number of alkyl halides is 3. The molecule has 1 aliphatic heterocycles. The number of hydrogen-bond donors (Lipinski definition) is 1. The minimum Gasteiger partial charge on any atom is -0.361 e. The highest BCUT2D eigenvalue weighted by atomic mass is 19.4. The van der Waals surface area contributed by atoms with E-state index in [1.165, 1.54) is 0 Å². The second-order valence-corrected chi connectivity index (χ2v) is 4.72. The van der Waals surface area contributed by atoms with Gasteiger partial charge in [0.2, 0.25) is 5.91 Å². The monoisotopic (exact) mass is 287 g/mol. The Morgan fingerprint density at radius 2 is 2.00 bits per heavy atom. The van der Waals surface area contributed by atoms with Crippen LogP contribution in [0.2, 0.25) is 0 Å². The molecule has 20 heavy (non-hydrogen) atoms. The predicted octanol–water partition coefficient (Wildman–Crippen LogP) is 2.52. The minimum atomic E-state index is -4.41. The maximum absolute atomic E-state index is 12.5. The first kappa shape index (κ1) is 14.6. The van der Waals surface area contributed by atoms with E-state index in [4.69, 9.17) is 0 Å². The lowest BCUT2D eigenvalue weighted by Gasteiger charge is -2.26. The van der Waals surface area contributed by atoms with Crippen molar-refractivity contribution in [2.45, 2.75) is 25.4 Å². The van der Waals surface area contributed by atoms with Crippen LogP contribution in [0, 0.1) is 0 Å². The third-order valence-corrected chi connectivity index (χ3v) is 3.22. The maximum atomic E-state index is 12.5. The lowest BCUT2D eigenvalue weighted by atomic mass is 10.1. The van der Waals surface area contributed by atoms with E-state index in [0.717, 1.165) is 50.7 Å². The van der Waals surface area contributed by atoms with Gasteiger partial charge in [0.1, 0.15) is 5.82 Å². The quantitative estimate of drug-likeness (QED) is 0.929. The second kappa shape index (κ2) is 6.11. The molecule has 0 atom stereocenters. The Hall–Kier alpha value is -1.79. The first-order valence-corrected chi connectivity index (χ1v) is 6.52. The molecule has 0 saturated carbocycles. The summed E-state index contributed by atoms with van der Waals surface area (Å²) in [6, 6.07) is 1.81. The van der Waals surface area contributed by atoms with E-state index in [1.807, 2.05) is 0 Å². The largest absolute Gasteiger partial charge is 0.416 e. The lowest BCUT2D eigenvalue weighted by Crippen LogP contribution is -2.39. The van der Waals surface area contributed by atoms with Crippen LogP contribution in [0.25, 0.3) is 0 Å². The zero-order chi connectivity index (χ0) is 14.6. The summed E-state index contributed by atoms with van der Waals surface area (Å²) >= 11 is 0. The number of nitrogens with one attached hydrogen (secondary N) is 1. The maximum Gasteiger partial charge on any atom is 0.416 e. The van der Waals surface area contributed by atoms with Crippen molar-refractivity contribution in [3.63, 3.8) is 0 Å². The molecule has 4 nitrogen and oxygen atoms in total. The summed E-state index contributed by atoms with van der Waals surface area (Å²) in [5.74, 6) is -0.0471. The number of pyridine rings is 1. The van der Waals surface area contributed by atoms with Crippen molar-refractivity contribution in [1.82, 2.24) is 9.88 Å². The molecule has 0 bridgehead atoms. The average Bonchev–Trinajstić information content (AvgIpc) is 2.45. The van der Waals surface area contributed by atoms with E-state index in [-0.39, 0.29) is 18.3 Å². The van der Waals surface area contributed by atoms with Crippen LogP contribution in [0.3, 0.4) is 0 Å². The zero-order valence-electron chi connectivity index (χ0n) is 10.9. The summed E-state index contributed by atoms with van der Waals surface area (Å²) in [5.41, 5.74) is -0.777. The first-order chi connectivity index (χ1) is 9.47. The molecule has 1 saturated heterocycles. The van der Waals surface area contributed by atoms with Crippen LogP contribution in [-0.4, -0.2) is 35.4 Å². The molecule has 110 valence electrons. The number of piperidine rings is 1. The van der Waals surface area contributed by atoms with Crippen LogP contribution in [0.1, 0.15) is 24.8 Å². The predicted molar refractivity (Wildman–Crippen MR) is 68.2 cm³/mol. The molecule has 7 heteroatoms. The molecule has 0 radical (unpaired) electrons. The summed E-state index contributed by atoms with van der Waals surface area (Å²) in [6.07, 6.45) is -0.250. The van der Waals surface area contributed by atoms with Gasteiger partial charge in [0.25, 0.3) is 0 Å². The van der Waals surface area contributed by atoms with Crippen molar-refractivity contribution in [3.8, 4) is 0 Å². The molecular weight excluding hydrogens is 271 g/mol. The number of anilines is 1. The van der Waals surface area contributed by atoms with Crippen LogP contribution in [0.15, 0.2) is 18.3 Å². The molecule has 0 unspecified atom stereocenters. The van der Waals surface area contributed by atoms with E-state index < -0.39 is 11.7 Å². The average molecular weight is 287 g/mol. The van der Waals surface area contributed by atoms with E-state index >= 15 is 0 Å². The Kier molecular flexibility index (Phi) is 4.46. The van der Waals surface area contributed by atoms with Gasteiger partial charge in [-0.3, -0.25) is 4.79 Å². The van der Waals surface area contributed by atoms with E-state index in [1.54, 1.807) is 4.90 Å². The van der Waals surface area contributed by atoms with Crippen LogP contribution < -0.4 is 5.32 Å². The van der Waals surface area contributed by atoms with Gasteiger partial charge in [-0.15, -0.1) is 0 Å². The summed E-state index contributed by atoms with van der Waals surface area (Å²) in [5, 5.41) is 2.65. The molecular formula is C13H16F3N3O. The Bertz CT molecular complexity index is 470. The van der Waals surface area contributed by atoms with Crippen molar-refractivity contribution in [2.24, 2.45) is 0 Å². The number of aromatic nitrogens is 1. The number of carbonyl (C=O) groups is 1. The van der Waals surface area contributed by atoms with Gasteiger partial charge in [0, 0.05) is 19.3 Å². The van der Waals surface area contributed by atoms with Crippen LogP contribution in [0.5, 0.6) is 0 Å². The highest BCUT2D eigenvalue weighted by Gasteiger charge is 2.30. The SMILES string of the molecule is O=C(CNc1cc(C(F)(F)F)ccn1)N1CCCCC1. The Morgan fingerprint density at radius 1 is 1.30 bits per heavy atom. The summed E-state index contributed by atoms with van der Waals surface area (Å²) in [4.78, 5) is 17.4. The zero-order valence-corrected chi connectivity index (χ0v) is 10.9. The third-order valence-electron chi connectivity index (χ3n) is 3.22. The van der Waals surface area contributed by atoms with Crippen LogP contribution >= 0.6 is 0 Å². The number of likely N-dealkylation sites (tertiary alicyclic amines) is 1. The summed E-state index contributed by atoms with van der Waals surface area (Å²) in [6.45, 7) is 1.40. The van der Waals surface area contributed by atoms with Crippen molar-refractivity contribution < 1.29 is 18.0 Å². The second-order valence-electron chi connectivity index (χ2n) is 4.72. The Morgan fingerprint density at radius 3 is 2.65 bits per heavy atom. The molecule has 1 fully saturated rings. The number of nitrogens with zero attached hydrogens (tertiary/aromatic N) is 2. The van der Waals surface area contributed by atoms with Crippen molar-refractivity contribution >= 4 is 11.7 Å². The van der Waals surface area contributed by atoms with E-state index in [9.17, 15) is 18.0 Å². The molecule has 0 aliphatic carbocycles. The standard InChI is InChI=1S/C13H16F3N3O/c14-13(15,16)10-4-5-17-11(8-10)18-9-12(20)19-6-2-1-3-7-19/h4-5,8H,1-3,6-7,9H2,(H,17,18). The Labute approximate surface area is 115 Å². The van der Waals surface area contributed by atoms with Gasteiger partial charge >= 0.3 is 6.18 Å². The van der Waals surface area contributed by atoms with Gasteiger partial charge in [0.15, 0.2) is 0 Å². The highest BCUT2D eigenvalue weighted by molar-refractivity contribution is 5.80. The van der Waals surface area contributed by atoms with Gasteiger partial charge < -0.3 is 10.2 Å². The van der Waals surface area contributed by atoms with Gasteiger partial charge in [-0.05, 0) is 31.4 Å². The lowest BCUT2D eigenvalue weighted by molar-refractivity contribution is -0.137. The Balaban J connectivity index is 1.92. The van der Waals surface area contributed by atoms with Crippen molar-refractivity contribution in [2.75, 3.05) is 25.0 Å². The normalized spacial score (nSPS) is 16.1. The molecule has 1 aromatic heterocycles. The summed E-state index contributed by atoms with van der Waals surface area (Å²) in [7, 11) is 0. The van der Waals surface area contributed by atoms with Gasteiger partial charge in [-0.1, -0.05) is 0 Å². The number of carbonyl (C=O) groups excluding carboxylic acids is 1. The number of halogens is 3. The molecule has 1 N–H and O–H groups in total.